The van der Waals surface area contributed by atoms with Crippen LogP contribution in [0.3, 0.4) is 0 Å². The van der Waals surface area contributed by atoms with Crippen LogP contribution in [0, 0.1) is 0 Å². The van der Waals surface area contributed by atoms with E-state index in [-0.39, 0.29) is 11.8 Å². The summed E-state index contributed by atoms with van der Waals surface area (Å²) in [5.74, 6) is 0.934. The Hall–Kier alpha value is -3.22. The molecule has 0 radical (unpaired) electrons. The molecule has 0 aliphatic carbocycles. The molecular weight excluding hydrogens is 334 g/mol. The number of rotatable bonds is 5. The van der Waals surface area contributed by atoms with Crippen molar-refractivity contribution in [2.75, 3.05) is 38.0 Å². The van der Waals surface area contributed by atoms with Crippen LogP contribution >= 0.6 is 0 Å². The van der Waals surface area contributed by atoms with Crippen LogP contribution in [0.2, 0.25) is 0 Å². The highest BCUT2D eigenvalue weighted by atomic mass is 16.5. The number of ether oxygens (including phenoxy) is 2. The quantitative estimate of drug-likeness (QED) is 0.858. The van der Waals surface area contributed by atoms with E-state index in [9.17, 15) is 9.59 Å². The van der Waals surface area contributed by atoms with E-state index in [4.69, 9.17) is 9.47 Å². The van der Waals surface area contributed by atoms with Gasteiger partial charge < -0.3 is 25.0 Å². The van der Waals surface area contributed by atoms with Gasteiger partial charge in [-0.25, -0.2) is 0 Å². The van der Waals surface area contributed by atoms with E-state index in [2.05, 4.69) is 10.6 Å². The summed E-state index contributed by atoms with van der Waals surface area (Å²) < 4.78 is 10.5. The lowest BCUT2D eigenvalue weighted by Crippen LogP contribution is -2.35. The second-order valence-corrected chi connectivity index (χ2v) is 6.01. The first-order valence-corrected chi connectivity index (χ1v) is 8.16. The van der Waals surface area contributed by atoms with Crippen LogP contribution < -0.4 is 25.0 Å². The smallest absolute Gasteiger partial charge is 0.251 e. The predicted molar refractivity (Wildman–Crippen MR) is 99.1 cm³/mol. The standard InChI is InChI=1S/C19H21N3O4/c1-22-11-18(23)21-14-9-13(5-6-15(14)22)19(24)20-10-12-4-7-16(25-2)17(8-12)26-3/h4-9H,10-11H2,1-3H3,(H,20,24)(H,21,23). The number of nitrogens with one attached hydrogen (secondary N) is 2. The van der Waals surface area contributed by atoms with Crippen molar-refractivity contribution in [3.05, 3.63) is 47.5 Å². The molecule has 0 saturated heterocycles. The van der Waals surface area contributed by atoms with Gasteiger partial charge in [0.25, 0.3) is 5.91 Å². The molecule has 2 N–H and O–H groups in total. The first-order chi connectivity index (χ1) is 12.5. The van der Waals surface area contributed by atoms with Gasteiger partial charge in [-0.2, -0.15) is 0 Å². The third-order valence-corrected chi connectivity index (χ3v) is 4.23. The second-order valence-electron chi connectivity index (χ2n) is 6.01. The number of anilines is 2. The Morgan fingerprint density at radius 1 is 1.15 bits per heavy atom. The maximum atomic E-state index is 12.5. The number of methoxy groups -OCH3 is 2. The molecule has 0 bridgehead atoms. The van der Waals surface area contributed by atoms with Crippen LogP contribution in [0.1, 0.15) is 15.9 Å². The molecule has 3 rings (SSSR count). The van der Waals surface area contributed by atoms with Crippen LogP contribution in [0.4, 0.5) is 11.4 Å². The van der Waals surface area contributed by atoms with Crippen LogP contribution in [0.25, 0.3) is 0 Å². The number of hydrogen-bond acceptors (Lipinski definition) is 5. The zero-order chi connectivity index (χ0) is 18.7. The summed E-state index contributed by atoms with van der Waals surface area (Å²) in [7, 11) is 4.98. The molecule has 136 valence electrons. The minimum atomic E-state index is -0.218. The van der Waals surface area contributed by atoms with Gasteiger partial charge in [-0.3, -0.25) is 9.59 Å². The second kappa shape index (κ2) is 7.35. The van der Waals surface area contributed by atoms with Crippen molar-refractivity contribution in [1.29, 1.82) is 0 Å². The Kier molecular flexibility index (Phi) is 4.97. The normalized spacial score (nSPS) is 12.9. The molecule has 7 heteroatoms. The van der Waals surface area contributed by atoms with Gasteiger partial charge in [0.05, 0.1) is 32.1 Å². The van der Waals surface area contributed by atoms with E-state index < -0.39 is 0 Å². The summed E-state index contributed by atoms with van der Waals surface area (Å²) in [4.78, 5) is 26.0. The molecule has 26 heavy (non-hydrogen) atoms. The number of amides is 2. The lowest BCUT2D eigenvalue weighted by molar-refractivity contribution is -0.115. The molecule has 0 spiro atoms. The Morgan fingerprint density at radius 2 is 1.92 bits per heavy atom. The fourth-order valence-electron chi connectivity index (χ4n) is 2.88. The molecular formula is C19H21N3O4. The molecule has 7 nitrogen and oxygen atoms in total. The number of nitrogens with zero attached hydrogens (tertiary/aromatic N) is 1. The highest BCUT2D eigenvalue weighted by molar-refractivity contribution is 6.03. The number of carbonyl (C=O) groups is 2. The molecule has 2 aromatic rings. The van der Waals surface area contributed by atoms with Gasteiger partial charge in [0.15, 0.2) is 11.5 Å². The van der Waals surface area contributed by atoms with Gasteiger partial charge in [-0.1, -0.05) is 6.07 Å². The summed E-state index contributed by atoms with van der Waals surface area (Å²) in [6, 6.07) is 10.7. The Morgan fingerprint density at radius 3 is 2.65 bits per heavy atom. The van der Waals surface area contributed by atoms with E-state index in [1.807, 2.05) is 30.1 Å². The minimum Gasteiger partial charge on any atom is -0.493 e. The van der Waals surface area contributed by atoms with Crippen LogP contribution in [0.5, 0.6) is 11.5 Å². The number of fused-ring (bicyclic) bond motifs is 1. The Balaban J connectivity index is 1.71. The number of hydrogen-bond donors (Lipinski definition) is 2. The monoisotopic (exact) mass is 355 g/mol. The largest absolute Gasteiger partial charge is 0.493 e. The highest BCUT2D eigenvalue weighted by Crippen LogP contribution is 2.30. The molecule has 0 saturated carbocycles. The van der Waals surface area contributed by atoms with Gasteiger partial charge in [0.1, 0.15) is 0 Å². The topological polar surface area (TPSA) is 79.9 Å². The summed E-state index contributed by atoms with van der Waals surface area (Å²) in [6.07, 6.45) is 0. The third kappa shape index (κ3) is 3.56. The minimum absolute atomic E-state index is 0.0945. The maximum Gasteiger partial charge on any atom is 0.251 e. The Labute approximate surface area is 151 Å². The van der Waals surface area contributed by atoms with Crippen molar-refractivity contribution in [2.24, 2.45) is 0 Å². The van der Waals surface area contributed by atoms with Gasteiger partial charge in [0.2, 0.25) is 5.91 Å². The molecule has 1 heterocycles. The van der Waals surface area contributed by atoms with E-state index >= 15 is 0 Å². The number of likely N-dealkylation sites (N-methyl/N-ethyl adjacent to an activating group) is 1. The molecule has 2 amide bonds. The van der Waals surface area contributed by atoms with Crippen LogP contribution in [0.15, 0.2) is 36.4 Å². The van der Waals surface area contributed by atoms with Crippen molar-refractivity contribution in [1.82, 2.24) is 5.32 Å². The number of benzene rings is 2. The molecule has 0 unspecified atom stereocenters. The molecule has 0 aromatic heterocycles. The van der Waals surface area contributed by atoms with Crippen molar-refractivity contribution in [3.63, 3.8) is 0 Å². The summed E-state index contributed by atoms with van der Waals surface area (Å²) in [5, 5.41) is 5.67. The molecule has 0 atom stereocenters. The summed E-state index contributed by atoms with van der Waals surface area (Å²) >= 11 is 0. The van der Waals surface area contributed by atoms with Crippen LogP contribution in [-0.2, 0) is 11.3 Å². The highest BCUT2D eigenvalue weighted by Gasteiger charge is 2.20. The maximum absolute atomic E-state index is 12.5. The van der Waals surface area contributed by atoms with Crippen molar-refractivity contribution >= 4 is 23.2 Å². The summed E-state index contributed by atoms with van der Waals surface area (Å²) in [6.45, 7) is 0.653. The Bertz CT molecular complexity index is 851. The fourth-order valence-corrected chi connectivity index (χ4v) is 2.88. The lowest BCUT2D eigenvalue weighted by atomic mass is 10.1. The molecule has 2 aromatic carbocycles. The first kappa shape index (κ1) is 17.6. The van der Waals surface area contributed by atoms with Crippen molar-refractivity contribution in [3.8, 4) is 11.5 Å². The average molecular weight is 355 g/mol. The first-order valence-electron chi connectivity index (χ1n) is 8.16. The van der Waals surface area contributed by atoms with Crippen molar-refractivity contribution < 1.29 is 19.1 Å². The predicted octanol–water partition coefficient (Wildman–Crippen LogP) is 2.02. The van der Waals surface area contributed by atoms with Crippen molar-refractivity contribution in [2.45, 2.75) is 6.54 Å². The van der Waals surface area contributed by atoms with Gasteiger partial charge in [-0.05, 0) is 35.9 Å². The van der Waals surface area contributed by atoms with E-state index in [0.717, 1.165) is 11.3 Å². The zero-order valence-corrected chi connectivity index (χ0v) is 15.0. The van der Waals surface area contributed by atoms with Gasteiger partial charge >= 0.3 is 0 Å². The lowest BCUT2D eigenvalue weighted by Gasteiger charge is -2.27. The van der Waals surface area contributed by atoms with Gasteiger partial charge in [-0.15, -0.1) is 0 Å². The van der Waals surface area contributed by atoms with E-state index in [1.165, 1.54) is 0 Å². The third-order valence-electron chi connectivity index (χ3n) is 4.23. The fraction of sp³-hybridized carbons (Fsp3) is 0.263. The molecule has 1 aliphatic rings. The SMILES string of the molecule is COc1ccc(CNC(=O)c2ccc3c(c2)NC(=O)CN3C)cc1OC. The van der Waals surface area contributed by atoms with Crippen LogP contribution in [-0.4, -0.2) is 39.6 Å². The average Bonchev–Trinajstić information content (AvgIpc) is 2.65. The molecule has 0 fully saturated rings. The van der Waals surface area contributed by atoms with Gasteiger partial charge in [0, 0.05) is 19.2 Å². The summed E-state index contributed by atoms with van der Waals surface area (Å²) in [5.41, 5.74) is 2.91. The van der Waals surface area contributed by atoms with E-state index in [1.54, 1.807) is 32.4 Å². The number of carbonyl (C=O) groups excluding carboxylic acids is 2. The molecule has 1 aliphatic heterocycles. The zero-order valence-electron chi connectivity index (χ0n) is 15.0. The van der Waals surface area contributed by atoms with E-state index in [0.29, 0.717) is 35.8 Å².